The number of hydrogen-bond donors (Lipinski definition) is 4. The van der Waals surface area contributed by atoms with E-state index in [0.29, 0.717) is 0 Å². The summed E-state index contributed by atoms with van der Waals surface area (Å²) in [5.41, 5.74) is 5.24. The number of aliphatic hydroxyl groups is 1. The van der Waals surface area contributed by atoms with Crippen molar-refractivity contribution in [1.29, 1.82) is 0 Å². The van der Waals surface area contributed by atoms with Gasteiger partial charge in [-0.05, 0) is 0 Å². The third-order valence-corrected chi connectivity index (χ3v) is 3.15. The van der Waals surface area contributed by atoms with Gasteiger partial charge >= 0.3 is 0 Å². The topological polar surface area (TPSA) is 121 Å². The fourth-order valence-corrected chi connectivity index (χ4v) is 1.93. The second-order valence-corrected chi connectivity index (χ2v) is 4.64. The Labute approximate surface area is 89.7 Å². The van der Waals surface area contributed by atoms with Crippen LogP contribution in [-0.2, 0) is 10.0 Å². The number of sulfonamides is 1. The van der Waals surface area contributed by atoms with Gasteiger partial charge < -0.3 is 10.8 Å². The van der Waals surface area contributed by atoms with Gasteiger partial charge in [0.05, 0.1) is 6.20 Å². The number of nitrogens with two attached hydrogens (primary N) is 1. The molecule has 16 heavy (non-hydrogen) atoms. The number of anilines is 1. The number of nitrogens with zero attached hydrogens (tertiary/aromatic N) is 1. The van der Waals surface area contributed by atoms with Crippen molar-refractivity contribution in [2.75, 3.05) is 12.3 Å². The molecule has 0 saturated carbocycles. The third-order valence-electron chi connectivity index (χ3n) is 1.70. The standard InChI is InChI=1S/C6H10F2N4O3S/c7-5(8)3(13)1-11-16(14,15)4-2-10-12-6(4)9/h2-3,5,11,13H,1H2,(H3,9,10,12). The first kappa shape index (κ1) is 12.8. The predicted molar refractivity (Wildman–Crippen MR) is 50.2 cm³/mol. The van der Waals surface area contributed by atoms with E-state index in [1.807, 2.05) is 0 Å². The molecule has 1 aromatic heterocycles. The van der Waals surface area contributed by atoms with E-state index >= 15 is 0 Å². The molecule has 92 valence electrons. The molecule has 1 heterocycles. The molecule has 0 spiro atoms. The minimum Gasteiger partial charge on any atom is -0.386 e. The van der Waals surface area contributed by atoms with Gasteiger partial charge in [-0.3, -0.25) is 5.10 Å². The van der Waals surface area contributed by atoms with Crippen molar-refractivity contribution >= 4 is 15.8 Å². The molecule has 0 aliphatic heterocycles. The van der Waals surface area contributed by atoms with Crippen molar-refractivity contribution in [3.05, 3.63) is 6.20 Å². The van der Waals surface area contributed by atoms with Gasteiger partial charge in [-0.1, -0.05) is 0 Å². The van der Waals surface area contributed by atoms with Crippen molar-refractivity contribution < 1.29 is 22.3 Å². The second-order valence-electron chi connectivity index (χ2n) is 2.90. The maximum Gasteiger partial charge on any atom is 0.265 e. The first-order valence-corrected chi connectivity index (χ1v) is 5.57. The highest BCUT2D eigenvalue weighted by Gasteiger charge is 2.23. The molecule has 1 atom stereocenters. The minimum atomic E-state index is -4.04. The molecule has 0 fully saturated rings. The fraction of sp³-hybridized carbons (Fsp3) is 0.500. The number of halogens is 2. The van der Waals surface area contributed by atoms with Gasteiger partial charge in [0.2, 0.25) is 10.0 Å². The molecule has 5 N–H and O–H groups in total. The van der Waals surface area contributed by atoms with Crippen molar-refractivity contribution in [1.82, 2.24) is 14.9 Å². The normalized spacial score (nSPS) is 14.2. The molecule has 0 aromatic carbocycles. The third kappa shape index (κ3) is 2.87. The van der Waals surface area contributed by atoms with Gasteiger partial charge in [-0.25, -0.2) is 21.9 Å². The summed E-state index contributed by atoms with van der Waals surface area (Å²) in [5.74, 6) is -0.209. The predicted octanol–water partition coefficient (Wildman–Crippen LogP) is -1.10. The Kier molecular flexibility index (Phi) is 3.78. The quantitative estimate of drug-likeness (QED) is 0.532. The summed E-state index contributed by atoms with van der Waals surface area (Å²) < 4.78 is 48.4. The highest BCUT2D eigenvalue weighted by Crippen LogP contribution is 2.13. The molecule has 1 unspecified atom stereocenters. The monoisotopic (exact) mass is 256 g/mol. The van der Waals surface area contributed by atoms with Gasteiger partial charge in [0.1, 0.15) is 16.8 Å². The Balaban J connectivity index is 2.71. The summed E-state index contributed by atoms with van der Waals surface area (Å²) in [6, 6.07) is 0. The van der Waals surface area contributed by atoms with Crippen LogP contribution in [-0.4, -0.2) is 42.8 Å². The summed E-state index contributed by atoms with van der Waals surface area (Å²) >= 11 is 0. The number of aromatic nitrogens is 2. The molecule has 10 heteroatoms. The summed E-state index contributed by atoms with van der Waals surface area (Å²) in [5, 5.41) is 14.3. The van der Waals surface area contributed by atoms with Crippen LogP contribution < -0.4 is 10.5 Å². The van der Waals surface area contributed by atoms with Crippen LogP contribution in [0.2, 0.25) is 0 Å². The zero-order chi connectivity index (χ0) is 12.3. The molecule has 0 amide bonds. The Morgan fingerprint density at radius 2 is 2.25 bits per heavy atom. The number of rotatable bonds is 5. The number of aromatic amines is 1. The number of nitrogens with one attached hydrogen (secondary N) is 2. The number of alkyl halides is 2. The molecule has 0 saturated heterocycles. The molecule has 0 bridgehead atoms. The van der Waals surface area contributed by atoms with E-state index in [1.165, 1.54) is 0 Å². The van der Waals surface area contributed by atoms with Crippen LogP contribution in [0, 0.1) is 0 Å². The van der Waals surface area contributed by atoms with Crippen LogP contribution in [0.5, 0.6) is 0 Å². The lowest BCUT2D eigenvalue weighted by atomic mass is 10.4. The van der Waals surface area contributed by atoms with E-state index in [1.54, 1.807) is 4.72 Å². The molecule has 0 aliphatic rings. The van der Waals surface area contributed by atoms with E-state index in [4.69, 9.17) is 10.8 Å². The fourth-order valence-electron chi connectivity index (χ4n) is 0.861. The van der Waals surface area contributed by atoms with E-state index < -0.39 is 29.1 Å². The molecule has 1 aromatic rings. The van der Waals surface area contributed by atoms with Crippen molar-refractivity contribution in [3.63, 3.8) is 0 Å². The molecule has 7 nitrogen and oxygen atoms in total. The summed E-state index contributed by atoms with van der Waals surface area (Å²) in [6.45, 7) is -0.801. The Hall–Kier alpha value is -1.26. The highest BCUT2D eigenvalue weighted by molar-refractivity contribution is 7.89. The van der Waals surface area contributed by atoms with E-state index in [9.17, 15) is 17.2 Å². The van der Waals surface area contributed by atoms with E-state index in [-0.39, 0.29) is 10.7 Å². The number of H-pyrrole nitrogens is 1. The van der Waals surface area contributed by atoms with Gasteiger partial charge in [0.15, 0.2) is 0 Å². The zero-order valence-electron chi connectivity index (χ0n) is 7.89. The van der Waals surface area contributed by atoms with Crippen LogP contribution >= 0.6 is 0 Å². The van der Waals surface area contributed by atoms with Crippen LogP contribution in [0.3, 0.4) is 0 Å². The maximum atomic E-state index is 11.9. The number of aliphatic hydroxyl groups excluding tert-OH is 1. The summed E-state index contributed by atoms with van der Waals surface area (Å²) in [7, 11) is -4.04. The lowest BCUT2D eigenvalue weighted by molar-refractivity contribution is -0.000450. The average Bonchev–Trinajstić information content (AvgIpc) is 2.61. The van der Waals surface area contributed by atoms with E-state index in [0.717, 1.165) is 6.20 Å². The Morgan fingerprint density at radius 3 is 2.69 bits per heavy atom. The van der Waals surface area contributed by atoms with Crippen molar-refractivity contribution in [2.45, 2.75) is 17.4 Å². The number of nitrogen functional groups attached to an aromatic ring is 1. The Morgan fingerprint density at radius 1 is 1.62 bits per heavy atom. The summed E-state index contributed by atoms with van der Waals surface area (Å²) in [6.07, 6.45) is -4.15. The molecule has 1 rings (SSSR count). The minimum absolute atomic E-state index is 0.209. The molecular formula is C6H10F2N4O3S. The first-order valence-electron chi connectivity index (χ1n) is 4.09. The van der Waals surface area contributed by atoms with Crippen molar-refractivity contribution in [3.8, 4) is 0 Å². The van der Waals surface area contributed by atoms with Crippen LogP contribution in [0.25, 0.3) is 0 Å². The van der Waals surface area contributed by atoms with E-state index in [2.05, 4.69) is 10.2 Å². The molecule has 0 radical (unpaired) electrons. The SMILES string of the molecule is Nc1[nH]ncc1S(=O)(=O)NCC(O)C(F)F. The van der Waals surface area contributed by atoms with Crippen molar-refractivity contribution in [2.24, 2.45) is 0 Å². The first-order chi connectivity index (χ1) is 7.34. The lowest BCUT2D eigenvalue weighted by Gasteiger charge is -2.10. The highest BCUT2D eigenvalue weighted by atomic mass is 32.2. The maximum absolute atomic E-state index is 11.9. The van der Waals surface area contributed by atoms with Gasteiger partial charge in [-0.15, -0.1) is 0 Å². The summed E-state index contributed by atoms with van der Waals surface area (Å²) in [4.78, 5) is -0.353. The van der Waals surface area contributed by atoms with Gasteiger partial charge in [-0.2, -0.15) is 5.10 Å². The van der Waals surface area contributed by atoms with Gasteiger partial charge in [0.25, 0.3) is 6.43 Å². The smallest absolute Gasteiger partial charge is 0.265 e. The molecular weight excluding hydrogens is 246 g/mol. The molecule has 0 aliphatic carbocycles. The lowest BCUT2D eigenvalue weighted by Crippen LogP contribution is -2.35. The van der Waals surface area contributed by atoms with Crippen LogP contribution in [0.4, 0.5) is 14.6 Å². The Bertz CT molecular complexity index is 446. The second kappa shape index (κ2) is 4.72. The largest absolute Gasteiger partial charge is 0.386 e. The zero-order valence-corrected chi connectivity index (χ0v) is 8.71. The number of hydrogen-bond acceptors (Lipinski definition) is 5. The average molecular weight is 256 g/mol. The van der Waals surface area contributed by atoms with Crippen LogP contribution in [0.15, 0.2) is 11.1 Å². The van der Waals surface area contributed by atoms with Crippen LogP contribution in [0.1, 0.15) is 0 Å². The van der Waals surface area contributed by atoms with Gasteiger partial charge in [0, 0.05) is 6.54 Å².